The van der Waals surface area contributed by atoms with Crippen molar-refractivity contribution in [2.24, 2.45) is 0 Å². The second-order valence-corrected chi connectivity index (χ2v) is 4.17. The van der Waals surface area contributed by atoms with Crippen molar-refractivity contribution in [2.45, 2.75) is 25.8 Å². The van der Waals surface area contributed by atoms with Crippen LogP contribution in [0.5, 0.6) is 0 Å². The zero-order valence-electron chi connectivity index (χ0n) is 6.74. The Bertz CT molecular complexity index is 271. The van der Waals surface area contributed by atoms with E-state index in [0.29, 0.717) is 6.42 Å². The minimum absolute atomic E-state index is 0.0235. The van der Waals surface area contributed by atoms with Gasteiger partial charge in [0.2, 0.25) is 0 Å². The Morgan fingerprint density at radius 1 is 1.67 bits per heavy atom. The van der Waals surface area contributed by atoms with Crippen LogP contribution in [-0.2, 0) is 19.3 Å². The lowest BCUT2D eigenvalue weighted by molar-refractivity contribution is -0.117. The summed E-state index contributed by atoms with van der Waals surface area (Å²) in [5, 5.41) is 0. The predicted molar refractivity (Wildman–Crippen MR) is 41.7 cm³/mol. The minimum Gasteiger partial charge on any atom is -0.300 e. The monoisotopic (exact) mass is 193 g/mol. The Hall–Kier alpha value is -0.460. The fourth-order valence-electron chi connectivity index (χ4n) is 1.09. The van der Waals surface area contributed by atoms with Crippen molar-refractivity contribution in [1.82, 2.24) is 4.72 Å². The van der Waals surface area contributed by atoms with Gasteiger partial charge in [-0.1, -0.05) is 0 Å². The summed E-state index contributed by atoms with van der Waals surface area (Å²) >= 11 is 0. The van der Waals surface area contributed by atoms with Gasteiger partial charge in [0.15, 0.2) is 0 Å². The second kappa shape index (κ2) is 3.51. The highest BCUT2D eigenvalue weighted by molar-refractivity contribution is 7.84. The normalized spacial score (nSPS) is 28.2. The predicted octanol–water partition coefficient (Wildman–Crippen LogP) is -0.411. The molecule has 0 aromatic heterocycles. The Morgan fingerprint density at radius 3 is 2.83 bits per heavy atom. The third kappa shape index (κ3) is 2.88. The maximum atomic E-state index is 10.8. The van der Waals surface area contributed by atoms with E-state index in [1.165, 1.54) is 6.92 Å². The van der Waals surface area contributed by atoms with Crippen molar-refractivity contribution in [1.29, 1.82) is 0 Å². The van der Waals surface area contributed by atoms with Gasteiger partial charge in [0, 0.05) is 12.5 Å². The molecule has 12 heavy (non-hydrogen) atoms. The molecule has 1 aliphatic rings. The fraction of sp³-hybridized carbons (Fsp3) is 0.833. The molecule has 1 heterocycles. The van der Waals surface area contributed by atoms with Gasteiger partial charge in [-0.3, -0.25) is 8.98 Å². The highest BCUT2D eigenvalue weighted by Gasteiger charge is 2.24. The van der Waals surface area contributed by atoms with Crippen LogP contribution >= 0.6 is 0 Å². The summed E-state index contributed by atoms with van der Waals surface area (Å²) in [5.41, 5.74) is 0. The number of Topliss-reactive ketones (excluding diaryl/α,β-unsaturated/α-hetero) is 1. The SMILES string of the molecule is CC(=O)CC1CCOS(=O)(=O)N1. The van der Waals surface area contributed by atoms with Crippen molar-refractivity contribution < 1.29 is 17.4 Å². The number of carbonyl (C=O) groups excluding carboxylic acids is 1. The van der Waals surface area contributed by atoms with Gasteiger partial charge in [-0.15, -0.1) is 0 Å². The molecule has 0 spiro atoms. The molecule has 0 radical (unpaired) electrons. The summed E-state index contributed by atoms with van der Waals surface area (Å²) in [6.45, 7) is 1.59. The van der Waals surface area contributed by atoms with E-state index in [4.69, 9.17) is 0 Å². The van der Waals surface area contributed by atoms with Gasteiger partial charge >= 0.3 is 10.3 Å². The maximum absolute atomic E-state index is 10.8. The van der Waals surface area contributed by atoms with E-state index >= 15 is 0 Å². The maximum Gasteiger partial charge on any atom is 0.336 e. The number of nitrogens with one attached hydrogen (secondary N) is 1. The van der Waals surface area contributed by atoms with Crippen LogP contribution in [0.2, 0.25) is 0 Å². The lowest BCUT2D eigenvalue weighted by atomic mass is 10.1. The number of carbonyl (C=O) groups is 1. The van der Waals surface area contributed by atoms with Gasteiger partial charge in [-0.05, 0) is 13.3 Å². The van der Waals surface area contributed by atoms with Crippen LogP contribution in [0.25, 0.3) is 0 Å². The van der Waals surface area contributed by atoms with Gasteiger partial charge in [-0.2, -0.15) is 13.1 Å². The van der Waals surface area contributed by atoms with E-state index < -0.39 is 10.3 Å². The average molecular weight is 193 g/mol. The first-order valence-electron chi connectivity index (χ1n) is 3.66. The van der Waals surface area contributed by atoms with Crippen molar-refractivity contribution in [3.63, 3.8) is 0 Å². The molecular formula is C6H11NO4S. The van der Waals surface area contributed by atoms with Crippen LogP contribution in [0.4, 0.5) is 0 Å². The van der Waals surface area contributed by atoms with Crippen LogP contribution in [-0.4, -0.2) is 26.8 Å². The van der Waals surface area contributed by atoms with Crippen molar-refractivity contribution in [3.05, 3.63) is 0 Å². The Balaban J connectivity index is 2.53. The minimum atomic E-state index is -3.58. The van der Waals surface area contributed by atoms with E-state index in [2.05, 4.69) is 8.91 Å². The number of ketones is 1. The molecule has 5 nitrogen and oxygen atoms in total. The molecule has 70 valence electrons. The topological polar surface area (TPSA) is 72.5 Å². The number of rotatable bonds is 2. The second-order valence-electron chi connectivity index (χ2n) is 2.79. The highest BCUT2D eigenvalue weighted by Crippen LogP contribution is 2.08. The molecule has 1 N–H and O–H groups in total. The summed E-state index contributed by atoms with van der Waals surface area (Å²) in [6.07, 6.45) is 0.793. The van der Waals surface area contributed by atoms with Crippen molar-refractivity contribution in [2.75, 3.05) is 6.61 Å². The summed E-state index contributed by atoms with van der Waals surface area (Å²) in [4.78, 5) is 10.6. The first kappa shape index (κ1) is 9.63. The van der Waals surface area contributed by atoms with E-state index in [9.17, 15) is 13.2 Å². The molecule has 1 unspecified atom stereocenters. The molecule has 1 saturated heterocycles. The van der Waals surface area contributed by atoms with E-state index in [0.717, 1.165) is 0 Å². The zero-order valence-corrected chi connectivity index (χ0v) is 7.56. The van der Waals surface area contributed by atoms with Crippen LogP contribution < -0.4 is 4.72 Å². The quantitative estimate of drug-likeness (QED) is 0.647. The van der Waals surface area contributed by atoms with Gasteiger partial charge in [0.25, 0.3) is 0 Å². The van der Waals surface area contributed by atoms with Gasteiger partial charge in [0.05, 0.1) is 6.61 Å². The molecular weight excluding hydrogens is 182 g/mol. The Labute approximate surface area is 71.4 Å². The molecule has 1 fully saturated rings. The third-order valence-electron chi connectivity index (χ3n) is 1.55. The zero-order chi connectivity index (χ0) is 9.19. The standard InChI is InChI=1S/C6H11NO4S/c1-5(8)4-6-2-3-11-12(9,10)7-6/h6-7H,2-4H2,1H3. The molecule has 0 aromatic rings. The van der Waals surface area contributed by atoms with Crippen LogP contribution in [0.15, 0.2) is 0 Å². The average Bonchev–Trinajstić information content (AvgIpc) is 1.82. The van der Waals surface area contributed by atoms with Crippen LogP contribution in [0, 0.1) is 0 Å². The molecule has 0 saturated carbocycles. The summed E-state index contributed by atoms with van der Waals surface area (Å²) < 4.78 is 28.3. The van der Waals surface area contributed by atoms with Crippen LogP contribution in [0.3, 0.4) is 0 Å². The molecule has 1 rings (SSSR count). The smallest absolute Gasteiger partial charge is 0.300 e. The molecule has 0 bridgehead atoms. The third-order valence-corrected chi connectivity index (χ3v) is 2.65. The van der Waals surface area contributed by atoms with E-state index in [1.54, 1.807) is 0 Å². The van der Waals surface area contributed by atoms with Crippen LogP contribution in [0.1, 0.15) is 19.8 Å². The fourth-order valence-corrected chi connectivity index (χ4v) is 2.08. The molecule has 0 amide bonds. The summed E-state index contributed by atoms with van der Waals surface area (Å²) in [7, 11) is -3.58. The number of hydrogen-bond donors (Lipinski definition) is 1. The Morgan fingerprint density at radius 2 is 2.33 bits per heavy atom. The van der Waals surface area contributed by atoms with Gasteiger partial charge < -0.3 is 0 Å². The molecule has 0 aliphatic carbocycles. The molecule has 0 aromatic carbocycles. The highest BCUT2D eigenvalue weighted by atomic mass is 32.2. The lowest BCUT2D eigenvalue weighted by Gasteiger charge is -2.21. The Kier molecular flexibility index (Phi) is 2.81. The first-order chi connectivity index (χ1) is 5.49. The largest absolute Gasteiger partial charge is 0.336 e. The lowest BCUT2D eigenvalue weighted by Crippen LogP contribution is -2.42. The first-order valence-corrected chi connectivity index (χ1v) is 5.06. The molecule has 1 aliphatic heterocycles. The number of hydrogen-bond acceptors (Lipinski definition) is 4. The van der Waals surface area contributed by atoms with E-state index in [-0.39, 0.29) is 24.9 Å². The van der Waals surface area contributed by atoms with Crippen molar-refractivity contribution >= 4 is 16.1 Å². The van der Waals surface area contributed by atoms with Gasteiger partial charge in [-0.25, -0.2) is 0 Å². The molecule has 1 atom stereocenters. The van der Waals surface area contributed by atoms with E-state index in [1.807, 2.05) is 0 Å². The summed E-state index contributed by atoms with van der Waals surface area (Å²) in [6, 6.07) is -0.291. The molecule has 6 heteroatoms. The summed E-state index contributed by atoms with van der Waals surface area (Å²) in [5.74, 6) is -0.0235. The van der Waals surface area contributed by atoms with Crippen molar-refractivity contribution in [3.8, 4) is 0 Å². The van der Waals surface area contributed by atoms with Gasteiger partial charge in [0.1, 0.15) is 5.78 Å².